The molecule has 1 saturated heterocycles. The minimum atomic E-state index is -1.54. The smallest absolute Gasteiger partial charge is 0.414 e. The summed E-state index contributed by atoms with van der Waals surface area (Å²) in [6, 6.07) is 12.6. The lowest BCUT2D eigenvalue weighted by molar-refractivity contribution is -0.141. The summed E-state index contributed by atoms with van der Waals surface area (Å²) in [6.07, 6.45) is 0.682. The van der Waals surface area contributed by atoms with Crippen LogP contribution in [0.2, 0.25) is 0 Å². The predicted molar refractivity (Wildman–Crippen MR) is 147 cm³/mol. The number of cyclic esters (lactones) is 1. The summed E-state index contributed by atoms with van der Waals surface area (Å²) in [5.41, 5.74) is 2.38. The molecule has 0 saturated carbocycles. The second-order valence-electron chi connectivity index (χ2n) is 9.64. The quantitative estimate of drug-likeness (QED) is 0.273. The van der Waals surface area contributed by atoms with Crippen molar-refractivity contribution in [3.05, 3.63) is 83.4 Å². The third-order valence-corrected chi connectivity index (χ3v) is 7.12. The zero-order chi connectivity index (χ0) is 29.6. The van der Waals surface area contributed by atoms with Crippen LogP contribution in [0.15, 0.2) is 65.4 Å². The second-order valence-corrected chi connectivity index (χ2v) is 9.91. The Morgan fingerprint density at radius 2 is 2.07 bits per heavy atom. The van der Waals surface area contributed by atoms with E-state index in [9.17, 15) is 19.5 Å². The number of rotatable bonds is 10. The molecule has 0 spiro atoms. The van der Waals surface area contributed by atoms with Gasteiger partial charge in [-0.3, -0.25) is 9.69 Å². The Balaban J connectivity index is 1.13. The van der Waals surface area contributed by atoms with E-state index in [1.165, 1.54) is 28.2 Å². The Labute approximate surface area is 245 Å². The molecule has 2 aliphatic heterocycles. The molecular weight excluding hydrogens is 573 g/mol. The van der Waals surface area contributed by atoms with E-state index in [1.54, 1.807) is 42.5 Å². The number of nitrogens with zero attached hydrogens (tertiary/aromatic N) is 3. The van der Waals surface area contributed by atoms with Crippen LogP contribution in [-0.4, -0.2) is 78.2 Å². The highest BCUT2D eigenvalue weighted by atomic mass is 35.5. The summed E-state index contributed by atoms with van der Waals surface area (Å²) >= 11 is 5.79. The first-order chi connectivity index (χ1) is 20.3. The van der Waals surface area contributed by atoms with E-state index < -0.39 is 42.6 Å². The van der Waals surface area contributed by atoms with E-state index in [1.807, 2.05) is 0 Å². The largest absolute Gasteiger partial charge is 0.471 e. The molecule has 2 atom stereocenters. The van der Waals surface area contributed by atoms with Gasteiger partial charge in [-0.05, 0) is 53.0 Å². The first kappa shape index (κ1) is 29.1. The normalized spacial score (nSPS) is 17.5. The number of benzene rings is 2. The Hall–Kier alpha value is -4.42. The number of halogens is 2. The van der Waals surface area contributed by atoms with E-state index in [4.69, 9.17) is 30.3 Å². The van der Waals surface area contributed by atoms with Gasteiger partial charge >= 0.3 is 12.1 Å². The van der Waals surface area contributed by atoms with Crippen LogP contribution in [0, 0.1) is 5.82 Å². The number of anilines is 1. The van der Waals surface area contributed by atoms with Crippen molar-refractivity contribution < 1.29 is 42.6 Å². The molecule has 2 aromatic carbocycles. The summed E-state index contributed by atoms with van der Waals surface area (Å²) < 4.78 is 35.7. The van der Waals surface area contributed by atoms with Crippen molar-refractivity contribution in [1.29, 1.82) is 0 Å². The number of aromatic nitrogens is 1. The van der Waals surface area contributed by atoms with Gasteiger partial charge in [0.15, 0.2) is 12.2 Å². The number of esters is 1. The van der Waals surface area contributed by atoms with Gasteiger partial charge in [0.1, 0.15) is 25.3 Å². The van der Waals surface area contributed by atoms with Crippen molar-refractivity contribution in [3.63, 3.8) is 0 Å². The van der Waals surface area contributed by atoms with Crippen molar-refractivity contribution in [2.75, 3.05) is 37.7 Å². The van der Waals surface area contributed by atoms with E-state index in [0.717, 1.165) is 5.56 Å². The Morgan fingerprint density at radius 1 is 1.21 bits per heavy atom. The van der Waals surface area contributed by atoms with Gasteiger partial charge in [-0.1, -0.05) is 18.2 Å². The van der Waals surface area contributed by atoms with E-state index in [-0.39, 0.29) is 43.6 Å². The second kappa shape index (κ2) is 13.0. The Bertz CT molecular complexity index is 1480. The van der Waals surface area contributed by atoms with Crippen LogP contribution in [0.25, 0.3) is 5.57 Å². The fourth-order valence-electron chi connectivity index (χ4n) is 4.62. The molecule has 220 valence electrons. The number of carbonyl (C=O) groups is 3. The van der Waals surface area contributed by atoms with Gasteiger partial charge < -0.3 is 28.7 Å². The summed E-state index contributed by atoms with van der Waals surface area (Å²) in [7, 11) is 0. The molecular formula is C29H27ClFN3O8. The molecule has 11 nitrogen and oxygen atoms in total. The van der Waals surface area contributed by atoms with Crippen molar-refractivity contribution in [3.8, 4) is 5.88 Å². The monoisotopic (exact) mass is 599 g/mol. The molecule has 1 N–H and O–H groups in total. The molecule has 3 aromatic rings. The Kier molecular flexibility index (Phi) is 9.03. The third kappa shape index (κ3) is 6.72. The molecule has 2 amide bonds. The maximum absolute atomic E-state index is 15.2. The molecule has 0 bridgehead atoms. The first-order valence-corrected chi connectivity index (χ1v) is 13.6. The lowest BCUT2D eigenvalue weighted by Crippen LogP contribution is -2.43. The van der Waals surface area contributed by atoms with Gasteiger partial charge in [0.05, 0.1) is 17.8 Å². The number of alkyl halides is 1. The molecule has 13 heteroatoms. The standard InChI is InChI=1S/C29H27ClFN3O8/c30-14-18-2-1-3-20(12-18)28(37)40-17-25(35)27(36)33-9-6-19(7-10-33)23-5-4-21(13-24(23)31)34-15-22(42-29(34)38)16-39-26-8-11-41-32-26/h1-6,8,11-13,22,25,35H,7,9-10,14-17H2/t22-,25+/m1/s1. The van der Waals surface area contributed by atoms with Crippen molar-refractivity contribution in [2.24, 2.45) is 0 Å². The summed E-state index contributed by atoms with van der Waals surface area (Å²) in [5, 5.41) is 14.0. The fraction of sp³-hybridized carbons (Fsp3) is 0.310. The van der Waals surface area contributed by atoms with Crippen LogP contribution in [0.4, 0.5) is 14.9 Å². The highest BCUT2D eigenvalue weighted by Crippen LogP contribution is 2.30. The van der Waals surface area contributed by atoms with Crippen LogP contribution in [-0.2, 0) is 20.1 Å². The number of aliphatic hydroxyl groups is 1. The molecule has 0 radical (unpaired) electrons. The highest BCUT2D eigenvalue weighted by molar-refractivity contribution is 6.17. The summed E-state index contributed by atoms with van der Waals surface area (Å²) in [6.45, 7) is 0.117. The van der Waals surface area contributed by atoms with Gasteiger partial charge in [0.25, 0.3) is 11.8 Å². The number of hydrogen-bond donors (Lipinski definition) is 1. The van der Waals surface area contributed by atoms with Crippen LogP contribution < -0.4 is 9.64 Å². The van der Waals surface area contributed by atoms with Crippen molar-refractivity contribution in [1.82, 2.24) is 10.1 Å². The van der Waals surface area contributed by atoms with Crippen LogP contribution in [0.1, 0.15) is 27.9 Å². The molecule has 1 fully saturated rings. The zero-order valence-electron chi connectivity index (χ0n) is 22.3. The van der Waals surface area contributed by atoms with Gasteiger partial charge in [-0.25, -0.2) is 14.0 Å². The molecule has 5 rings (SSSR count). The van der Waals surface area contributed by atoms with Gasteiger partial charge in [0.2, 0.25) is 0 Å². The summed E-state index contributed by atoms with van der Waals surface area (Å²) in [5.74, 6) is -1.30. The number of hydrogen-bond acceptors (Lipinski definition) is 9. The number of carbonyl (C=O) groups excluding carboxylic acids is 3. The number of ether oxygens (including phenoxy) is 3. The molecule has 3 heterocycles. The van der Waals surface area contributed by atoms with E-state index in [2.05, 4.69) is 5.16 Å². The molecule has 0 aliphatic carbocycles. The first-order valence-electron chi connectivity index (χ1n) is 13.1. The van der Waals surface area contributed by atoms with Crippen LogP contribution in [0.5, 0.6) is 5.88 Å². The van der Waals surface area contributed by atoms with Crippen molar-refractivity contribution in [2.45, 2.75) is 24.5 Å². The lowest BCUT2D eigenvalue weighted by atomic mass is 9.98. The highest BCUT2D eigenvalue weighted by Gasteiger charge is 2.34. The van der Waals surface area contributed by atoms with E-state index >= 15 is 4.39 Å². The molecule has 42 heavy (non-hydrogen) atoms. The average Bonchev–Trinajstić information content (AvgIpc) is 3.67. The zero-order valence-corrected chi connectivity index (χ0v) is 23.0. The fourth-order valence-corrected chi connectivity index (χ4v) is 4.79. The molecule has 1 aromatic heterocycles. The van der Waals surface area contributed by atoms with Crippen LogP contribution in [0.3, 0.4) is 0 Å². The minimum absolute atomic E-state index is 0.0665. The lowest BCUT2D eigenvalue weighted by Gasteiger charge is -2.28. The third-order valence-electron chi connectivity index (χ3n) is 6.81. The minimum Gasteiger partial charge on any atom is -0.471 e. The molecule has 0 unspecified atom stereocenters. The average molecular weight is 600 g/mol. The topological polar surface area (TPSA) is 132 Å². The van der Waals surface area contributed by atoms with Crippen molar-refractivity contribution >= 4 is 40.8 Å². The predicted octanol–water partition coefficient (Wildman–Crippen LogP) is 3.79. The SMILES string of the molecule is O=C(OC[C@H](O)C(=O)N1CC=C(c2ccc(N3C[C@H](COc4ccon4)OC3=O)cc2F)CC1)c1cccc(CCl)c1. The van der Waals surface area contributed by atoms with E-state index in [0.29, 0.717) is 23.2 Å². The van der Waals surface area contributed by atoms with Gasteiger partial charge in [-0.15, -0.1) is 11.6 Å². The summed E-state index contributed by atoms with van der Waals surface area (Å²) in [4.78, 5) is 40.1. The molecule has 2 aliphatic rings. The number of aliphatic hydroxyl groups excluding tert-OH is 1. The maximum Gasteiger partial charge on any atom is 0.414 e. The Morgan fingerprint density at radius 3 is 2.79 bits per heavy atom. The number of amides is 2. The van der Waals surface area contributed by atoms with Crippen LogP contribution >= 0.6 is 11.6 Å². The van der Waals surface area contributed by atoms with Gasteiger partial charge in [0, 0.05) is 30.6 Å². The maximum atomic E-state index is 15.2. The van der Waals surface area contributed by atoms with Gasteiger partial charge in [-0.2, -0.15) is 0 Å².